The van der Waals surface area contributed by atoms with Crippen molar-refractivity contribution in [2.45, 2.75) is 26.8 Å². The summed E-state index contributed by atoms with van der Waals surface area (Å²) in [5.74, 6) is -1.89. The Morgan fingerprint density at radius 1 is 1.13 bits per heavy atom. The Morgan fingerprint density at radius 3 is 2.52 bits per heavy atom. The van der Waals surface area contributed by atoms with Crippen LogP contribution in [0.25, 0.3) is 11.3 Å². The average molecular weight is 439 g/mol. The van der Waals surface area contributed by atoms with Gasteiger partial charge in [0.25, 0.3) is 5.91 Å². The van der Waals surface area contributed by atoms with Crippen LogP contribution in [0.4, 0.5) is 17.6 Å². The number of para-hydroxylation sites is 2. The number of aromatic amines is 1. The van der Waals surface area contributed by atoms with Gasteiger partial charge in [-0.25, -0.2) is 4.39 Å². The highest BCUT2D eigenvalue weighted by molar-refractivity contribution is 5.96. The predicted molar refractivity (Wildman–Crippen MR) is 106 cm³/mol. The van der Waals surface area contributed by atoms with Crippen molar-refractivity contribution in [2.24, 2.45) is 0 Å². The summed E-state index contributed by atoms with van der Waals surface area (Å²) in [4.78, 5) is 12.3. The molecule has 0 saturated heterocycles. The van der Waals surface area contributed by atoms with Gasteiger partial charge in [-0.1, -0.05) is 32.0 Å². The summed E-state index contributed by atoms with van der Waals surface area (Å²) in [5.41, 5.74) is 0.974. The summed E-state index contributed by atoms with van der Waals surface area (Å²) >= 11 is 0. The number of nitrogens with zero attached hydrogens (tertiary/aromatic N) is 1. The molecule has 0 atom stereocenters. The fourth-order valence-corrected chi connectivity index (χ4v) is 2.65. The zero-order valence-corrected chi connectivity index (χ0v) is 17.0. The number of nitrogens with one attached hydrogen (secondary N) is 2. The van der Waals surface area contributed by atoms with Crippen LogP contribution in [0.15, 0.2) is 48.5 Å². The molecule has 0 aliphatic carbocycles. The Labute approximate surface area is 176 Å². The number of alkyl halides is 3. The van der Waals surface area contributed by atoms with E-state index in [0.29, 0.717) is 17.0 Å². The van der Waals surface area contributed by atoms with Gasteiger partial charge < -0.3 is 14.8 Å². The minimum absolute atomic E-state index is 0.0211. The van der Waals surface area contributed by atoms with E-state index < -0.39 is 23.8 Å². The first kappa shape index (κ1) is 23.7. The van der Waals surface area contributed by atoms with E-state index in [0.717, 1.165) is 6.07 Å². The van der Waals surface area contributed by atoms with Gasteiger partial charge in [0.1, 0.15) is 5.75 Å². The van der Waals surface area contributed by atoms with E-state index in [1.165, 1.54) is 37.4 Å². The number of carbonyl (C=O) groups is 1. The van der Waals surface area contributed by atoms with E-state index in [-0.39, 0.29) is 17.9 Å². The van der Waals surface area contributed by atoms with Crippen LogP contribution in [0.1, 0.15) is 29.9 Å². The normalized spacial score (nSPS) is 10.7. The van der Waals surface area contributed by atoms with Gasteiger partial charge in [0.2, 0.25) is 0 Å². The molecule has 0 aliphatic rings. The minimum atomic E-state index is -4.92. The van der Waals surface area contributed by atoms with Crippen LogP contribution in [0.3, 0.4) is 0 Å². The first-order valence-corrected chi connectivity index (χ1v) is 9.28. The van der Waals surface area contributed by atoms with Crippen LogP contribution in [-0.4, -0.2) is 29.6 Å². The van der Waals surface area contributed by atoms with Crippen molar-refractivity contribution in [3.8, 4) is 22.8 Å². The Morgan fingerprint density at radius 2 is 1.84 bits per heavy atom. The molecule has 2 N–H and O–H groups in total. The summed E-state index contributed by atoms with van der Waals surface area (Å²) in [7, 11) is 1.33. The number of ether oxygens (including phenoxy) is 2. The number of benzene rings is 2. The van der Waals surface area contributed by atoms with Crippen molar-refractivity contribution in [3.05, 3.63) is 65.6 Å². The number of aromatic nitrogens is 2. The number of rotatable bonds is 6. The zero-order valence-electron chi connectivity index (χ0n) is 17.0. The predicted octanol–water partition coefficient (Wildman–Crippen LogP) is 5.08. The van der Waals surface area contributed by atoms with Gasteiger partial charge in [0, 0.05) is 5.56 Å². The first-order chi connectivity index (χ1) is 14.8. The maximum absolute atomic E-state index is 13.8. The number of amides is 1. The molecule has 31 heavy (non-hydrogen) atoms. The number of hydrogen-bond acceptors (Lipinski definition) is 4. The molecule has 1 heterocycles. The quantitative estimate of drug-likeness (QED) is 0.526. The molecule has 3 aromatic rings. The maximum Gasteiger partial charge on any atom is 0.573 e. The van der Waals surface area contributed by atoms with Gasteiger partial charge in [-0.2, -0.15) is 5.10 Å². The van der Waals surface area contributed by atoms with Gasteiger partial charge >= 0.3 is 6.36 Å². The summed E-state index contributed by atoms with van der Waals surface area (Å²) in [6.45, 7) is 3.95. The second kappa shape index (κ2) is 10.5. The third-order valence-corrected chi connectivity index (χ3v) is 3.87. The van der Waals surface area contributed by atoms with Crippen LogP contribution >= 0.6 is 0 Å². The second-order valence-electron chi connectivity index (χ2n) is 5.83. The molecule has 1 aromatic heterocycles. The number of halogens is 4. The lowest BCUT2D eigenvalue weighted by molar-refractivity contribution is -0.274. The summed E-state index contributed by atoms with van der Waals surface area (Å²) in [5, 5.41) is 9.22. The van der Waals surface area contributed by atoms with Crippen LogP contribution in [0.5, 0.6) is 11.5 Å². The molecule has 0 fully saturated rings. The summed E-state index contributed by atoms with van der Waals surface area (Å²) < 4.78 is 60.2. The molecule has 3 rings (SSSR count). The Hall–Kier alpha value is -3.56. The van der Waals surface area contributed by atoms with Crippen molar-refractivity contribution in [2.75, 3.05) is 7.11 Å². The molecule has 0 saturated carbocycles. The largest absolute Gasteiger partial charge is 0.573 e. The molecule has 6 nitrogen and oxygen atoms in total. The molecular formula is C21H21F4N3O3. The van der Waals surface area contributed by atoms with Crippen LogP contribution in [-0.2, 0) is 6.54 Å². The average Bonchev–Trinajstić information content (AvgIpc) is 3.21. The summed E-state index contributed by atoms with van der Waals surface area (Å²) in [6.07, 6.45) is -4.92. The van der Waals surface area contributed by atoms with Gasteiger partial charge in [-0.3, -0.25) is 9.89 Å². The SMILES string of the molecule is CC.COc1c(F)cccc1-c1cc(CNC(=O)c2ccccc2OC(F)(F)F)[nH]n1. The fraction of sp³-hybridized carbons (Fsp3) is 0.238. The van der Waals surface area contributed by atoms with E-state index in [1.54, 1.807) is 12.1 Å². The maximum atomic E-state index is 13.8. The number of carbonyl (C=O) groups excluding carboxylic acids is 1. The van der Waals surface area contributed by atoms with Crippen molar-refractivity contribution in [1.82, 2.24) is 15.5 Å². The van der Waals surface area contributed by atoms with Gasteiger partial charge in [0.05, 0.1) is 30.6 Å². The molecule has 0 radical (unpaired) electrons. The lowest BCUT2D eigenvalue weighted by Gasteiger charge is -2.12. The number of H-pyrrole nitrogens is 1. The molecule has 2 aromatic carbocycles. The van der Waals surface area contributed by atoms with E-state index in [1.807, 2.05) is 13.8 Å². The highest BCUT2D eigenvalue weighted by Gasteiger charge is 2.32. The molecule has 10 heteroatoms. The van der Waals surface area contributed by atoms with E-state index in [2.05, 4.69) is 20.3 Å². The van der Waals surface area contributed by atoms with E-state index in [4.69, 9.17) is 4.74 Å². The van der Waals surface area contributed by atoms with E-state index in [9.17, 15) is 22.4 Å². The smallest absolute Gasteiger partial charge is 0.493 e. The minimum Gasteiger partial charge on any atom is -0.493 e. The third-order valence-electron chi connectivity index (χ3n) is 3.87. The standard InChI is InChI=1S/C19H15F4N3O3.C2H6/c1-28-17-12(6-4-7-14(17)20)15-9-11(25-26-15)10-24-18(27)13-5-2-3-8-16(13)29-19(21,22)23;1-2/h2-9H,10H2,1H3,(H,24,27)(H,25,26);1-2H3. The molecule has 166 valence electrons. The van der Waals surface area contributed by atoms with Crippen LogP contribution in [0, 0.1) is 5.82 Å². The highest BCUT2D eigenvalue weighted by Crippen LogP contribution is 2.31. The molecule has 0 bridgehead atoms. The number of hydrogen-bond donors (Lipinski definition) is 2. The molecule has 0 aliphatic heterocycles. The monoisotopic (exact) mass is 439 g/mol. The Balaban J connectivity index is 0.00000166. The number of methoxy groups -OCH3 is 1. The Kier molecular flexibility index (Phi) is 8.00. The van der Waals surface area contributed by atoms with Crippen LogP contribution < -0.4 is 14.8 Å². The fourth-order valence-electron chi connectivity index (χ4n) is 2.65. The van der Waals surface area contributed by atoms with Crippen molar-refractivity contribution >= 4 is 5.91 Å². The van der Waals surface area contributed by atoms with Crippen LogP contribution in [0.2, 0.25) is 0 Å². The zero-order chi connectivity index (χ0) is 23.0. The van der Waals surface area contributed by atoms with Crippen molar-refractivity contribution in [3.63, 3.8) is 0 Å². The van der Waals surface area contributed by atoms with E-state index >= 15 is 0 Å². The van der Waals surface area contributed by atoms with Gasteiger partial charge in [-0.05, 0) is 30.3 Å². The molecule has 1 amide bonds. The molecule has 0 unspecified atom stereocenters. The molecule has 0 spiro atoms. The lowest BCUT2D eigenvalue weighted by atomic mass is 10.1. The first-order valence-electron chi connectivity index (χ1n) is 9.28. The third kappa shape index (κ3) is 6.21. The molecular weight excluding hydrogens is 418 g/mol. The summed E-state index contributed by atoms with van der Waals surface area (Å²) in [6, 6.07) is 10.9. The van der Waals surface area contributed by atoms with Crippen molar-refractivity contribution in [1.29, 1.82) is 0 Å². The van der Waals surface area contributed by atoms with Gasteiger partial charge in [-0.15, -0.1) is 13.2 Å². The highest BCUT2D eigenvalue weighted by atomic mass is 19.4. The Bertz CT molecular complexity index is 1020. The lowest BCUT2D eigenvalue weighted by Crippen LogP contribution is -2.25. The second-order valence-corrected chi connectivity index (χ2v) is 5.83. The van der Waals surface area contributed by atoms with Gasteiger partial charge in [0.15, 0.2) is 11.6 Å². The topological polar surface area (TPSA) is 76.2 Å². The van der Waals surface area contributed by atoms with Crippen molar-refractivity contribution < 1.29 is 31.8 Å².